The Morgan fingerprint density at radius 2 is 1.07 bits per heavy atom. The third-order valence-electron chi connectivity index (χ3n) is 6.21. The molecule has 2 nitrogen and oxygen atoms in total. The van der Waals surface area contributed by atoms with Crippen LogP contribution in [-0.4, -0.2) is 35.5 Å². The number of hydrogen-bond acceptors (Lipinski definition) is 2. The Morgan fingerprint density at radius 1 is 0.600 bits per heavy atom. The fourth-order valence-electron chi connectivity index (χ4n) is 4.59. The number of rotatable bonds is 9. The highest BCUT2D eigenvalue weighted by Crippen LogP contribution is 2.20. The van der Waals surface area contributed by atoms with Gasteiger partial charge in [-0.05, 0) is 49.0 Å². The molecule has 1 heterocycles. The molecule has 1 atom stereocenters. The molecule has 0 amide bonds. The highest BCUT2D eigenvalue weighted by Gasteiger charge is 2.23. The summed E-state index contributed by atoms with van der Waals surface area (Å²) < 4.78 is 0. The minimum absolute atomic E-state index is 0.492. The van der Waals surface area contributed by atoms with Crippen molar-refractivity contribution in [2.45, 2.75) is 44.8 Å². The van der Waals surface area contributed by atoms with E-state index in [1.54, 1.807) is 0 Å². The predicted octanol–water partition coefficient (Wildman–Crippen LogP) is 5.79. The van der Waals surface area contributed by atoms with E-state index >= 15 is 0 Å². The van der Waals surface area contributed by atoms with Gasteiger partial charge in [-0.15, -0.1) is 0 Å². The van der Waals surface area contributed by atoms with Crippen LogP contribution in [0.25, 0.3) is 0 Å². The van der Waals surface area contributed by atoms with Crippen LogP contribution in [0, 0.1) is 0 Å². The maximum atomic E-state index is 2.70. The van der Waals surface area contributed by atoms with Crippen LogP contribution < -0.4 is 0 Å². The highest BCUT2D eigenvalue weighted by atomic mass is 15.2. The van der Waals surface area contributed by atoms with Crippen molar-refractivity contribution in [2.75, 3.05) is 19.6 Å². The Hall–Kier alpha value is -2.42. The van der Waals surface area contributed by atoms with E-state index in [2.05, 4.69) is 101 Å². The van der Waals surface area contributed by atoms with E-state index in [9.17, 15) is 0 Å². The average Bonchev–Trinajstić information content (AvgIpc) is 2.81. The molecule has 2 heteroatoms. The first-order chi connectivity index (χ1) is 14.9. The standard InChI is InChI=1S/C28H34N2/c1-5-13-25(14-6-1)21-28(24-29-19-11-4-12-20-29)30(22-26-15-7-2-8-16-26)23-27-17-9-3-10-18-27/h1-3,5-10,13-18,28H,4,11-12,19-24H2/t28-/m0/s1. The maximum absolute atomic E-state index is 2.70. The number of likely N-dealkylation sites (tertiary alicyclic amines) is 1. The van der Waals surface area contributed by atoms with Gasteiger partial charge in [0.2, 0.25) is 0 Å². The van der Waals surface area contributed by atoms with Crippen molar-refractivity contribution in [1.29, 1.82) is 0 Å². The quantitative estimate of drug-likeness (QED) is 0.450. The second-order valence-corrected chi connectivity index (χ2v) is 8.58. The van der Waals surface area contributed by atoms with E-state index in [0.717, 1.165) is 26.1 Å². The van der Waals surface area contributed by atoms with Gasteiger partial charge < -0.3 is 4.90 Å². The van der Waals surface area contributed by atoms with Crippen LogP contribution >= 0.6 is 0 Å². The van der Waals surface area contributed by atoms with Gasteiger partial charge >= 0.3 is 0 Å². The summed E-state index contributed by atoms with van der Waals surface area (Å²) in [5.74, 6) is 0. The molecule has 1 aliphatic heterocycles. The maximum Gasteiger partial charge on any atom is 0.0270 e. The molecule has 1 aliphatic rings. The first-order valence-electron chi connectivity index (χ1n) is 11.4. The molecular formula is C28H34N2. The lowest BCUT2D eigenvalue weighted by Crippen LogP contribution is -2.46. The van der Waals surface area contributed by atoms with Gasteiger partial charge in [-0.2, -0.15) is 0 Å². The second kappa shape index (κ2) is 11.1. The van der Waals surface area contributed by atoms with Crippen molar-refractivity contribution >= 4 is 0 Å². The molecule has 156 valence electrons. The zero-order valence-electron chi connectivity index (χ0n) is 18.0. The Bertz CT molecular complexity index is 800. The molecule has 3 aromatic rings. The van der Waals surface area contributed by atoms with Gasteiger partial charge in [-0.3, -0.25) is 4.90 Å². The van der Waals surface area contributed by atoms with Crippen LogP contribution in [-0.2, 0) is 19.5 Å². The predicted molar refractivity (Wildman–Crippen MR) is 126 cm³/mol. The Labute approximate surface area is 182 Å². The monoisotopic (exact) mass is 398 g/mol. The molecule has 0 spiro atoms. The van der Waals surface area contributed by atoms with E-state index in [1.807, 2.05) is 0 Å². The van der Waals surface area contributed by atoms with Crippen molar-refractivity contribution in [3.63, 3.8) is 0 Å². The molecule has 0 aliphatic carbocycles. The number of nitrogens with zero attached hydrogens (tertiary/aromatic N) is 2. The third-order valence-corrected chi connectivity index (χ3v) is 6.21. The molecule has 30 heavy (non-hydrogen) atoms. The van der Waals surface area contributed by atoms with Crippen LogP contribution in [0.3, 0.4) is 0 Å². The van der Waals surface area contributed by atoms with E-state index in [-0.39, 0.29) is 0 Å². The summed E-state index contributed by atoms with van der Waals surface area (Å²) >= 11 is 0. The van der Waals surface area contributed by atoms with Crippen molar-refractivity contribution in [3.05, 3.63) is 108 Å². The van der Waals surface area contributed by atoms with Crippen LogP contribution in [0.1, 0.15) is 36.0 Å². The molecule has 0 unspecified atom stereocenters. The number of hydrogen-bond donors (Lipinski definition) is 0. The van der Waals surface area contributed by atoms with Crippen LogP contribution in [0.15, 0.2) is 91.0 Å². The minimum atomic E-state index is 0.492. The summed E-state index contributed by atoms with van der Waals surface area (Å²) in [6, 6.07) is 33.4. The number of benzene rings is 3. The van der Waals surface area contributed by atoms with Crippen LogP contribution in [0.4, 0.5) is 0 Å². The highest BCUT2D eigenvalue weighted by molar-refractivity contribution is 5.19. The second-order valence-electron chi connectivity index (χ2n) is 8.58. The molecule has 3 aromatic carbocycles. The first kappa shape index (κ1) is 20.8. The summed E-state index contributed by atoms with van der Waals surface area (Å²) in [5, 5.41) is 0. The van der Waals surface area contributed by atoms with Crippen LogP contribution in [0.5, 0.6) is 0 Å². The van der Waals surface area contributed by atoms with Crippen molar-refractivity contribution in [1.82, 2.24) is 9.80 Å². The third kappa shape index (κ3) is 6.29. The van der Waals surface area contributed by atoms with E-state index in [1.165, 1.54) is 49.0 Å². The normalized spacial score (nSPS) is 15.9. The summed E-state index contributed by atoms with van der Waals surface area (Å²) in [4.78, 5) is 5.40. The lowest BCUT2D eigenvalue weighted by atomic mass is 10.0. The lowest BCUT2D eigenvalue weighted by molar-refractivity contribution is 0.112. The fourth-order valence-corrected chi connectivity index (χ4v) is 4.59. The average molecular weight is 399 g/mol. The van der Waals surface area contributed by atoms with Gasteiger partial charge in [-0.1, -0.05) is 97.4 Å². The van der Waals surface area contributed by atoms with E-state index in [4.69, 9.17) is 0 Å². The van der Waals surface area contributed by atoms with Gasteiger partial charge in [0.05, 0.1) is 0 Å². The molecular weight excluding hydrogens is 364 g/mol. The van der Waals surface area contributed by atoms with Gasteiger partial charge in [0.15, 0.2) is 0 Å². The summed E-state index contributed by atoms with van der Waals surface area (Å²) in [6.45, 7) is 5.61. The molecule has 0 saturated carbocycles. The SMILES string of the molecule is c1ccc(C[C@@H](CN2CCCCC2)N(Cc2ccccc2)Cc2ccccc2)cc1. The van der Waals surface area contributed by atoms with Crippen molar-refractivity contribution < 1.29 is 0 Å². The molecule has 1 fully saturated rings. The van der Waals surface area contributed by atoms with Crippen molar-refractivity contribution in [2.24, 2.45) is 0 Å². The van der Waals surface area contributed by atoms with Gasteiger partial charge in [0.25, 0.3) is 0 Å². The Morgan fingerprint density at radius 3 is 1.57 bits per heavy atom. The Balaban J connectivity index is 1.59. The van der Waals surface area contributed by atoms with Gasteiger partial charge in [0, 0.05) is 25.7 Å². The summed E-state index contributed by atoms with van der Waals surface area (Å²) in [5.41, 5.74) is 4.22. The van der Waals surface area contributed by atoms with Crippen molar-refractivity contribution in [3.8, 4) is 0 Å². The van der Waals surface area contributed by atoms with Gasteiger partial charge in [0.1, 0.15) is 0 Å². The molecule has 0 bridgehead atoms. The molecule has 1 saturated heterocycles. The van der Waals surface area contributed by atoms with E-state index < -0.39 is 0 Å². The number of piperidine rings is 1. The first-order valence-corrected chi connectivity index (χ1v) is 11.4. The zero-order chi connectivity index (χ0) is 20.4. The fraction of sp³-hybridized carbons (Fsp3) is 0.357. The zero-order valence-corrected chi connectivity index (χ0v) is 18.0. The van der Waals surface area contributed by atoms with E-state index in [0.29, 0.717) is 6.04 Å². The Kier molecular flexibility index (Phi) is 7.71. The topological polar surface area (TPSA) is 6.48 Å². The molecule has 4 rings (SSSR count). The summed E-state index contributed by atoms with van der Waals surface area (Å²) in [6.07, 6.45) is 5.17. The minimum Gasteiger partial charge on any atom is -0.302 e. The summed E-state index contributed by atoms with van der Waals surface area (Å²) in [7, 11) is 0. The van der Waals surface area contributed by atoms with Crippen LogP contribution in [0.2, 0.25) is 0 Å². The largest absolute Gasteiger partial charge is 0.302 e. The van der Waals surface area contributed by atoms with Gasteiger partial charge in [-0.25, -0.2) is 0 Å². The molecule has 0 radical (unpaired) electrons. The smallest absolute Gasteiger partial charge is 0.0270 e. The molecule has 0 N–H and O–H groups in total. The molecule has 0 aromatic heterocycles. The lowest BCUT2D eigenvalue weighted by Gasteiger charge is -2.37.